The monoisotopic (exact) mass is 279 g/mol. The predicted octanol–water partition coefficient (Wildman–Crippen LogP) is 0.894. The van der Waals surface area contributed by atoms with Crippen LogP contribution in [0.2, 0.25) is 0 Å². The highest BCUT2D eigenvalue weighted by molar-refractivity contribution is 7.91. The third kappa shape index (κ3) is 5.22. The number of nitrogens with zero attached hydrogens (tertiary/aromatic N) is 1. The molecule has 108 valence electrons. The van der Waals surface area contributed by atoms with Crippen LogP contribution < -0.4 is 0 Å². The van der Waals surface area contributed by atoms with Crippen LogP contribution in [0.1, 0.15) is 26.7 Å². The molecule has 1 saturated heterocycles. The lowest BCUT2D eigenvalue weighted by molar-refractivity contribution is -0.141. The van der Waals surface area contributed by atoms with Crippen molar-refractivity contribution in [2.24, 2.45) is 0 Å². The lowest BCUT2D eigenvalue weighted by Gasteiger charge is -2.25. The average molecular weight is 279 g/mol. The van der Waals surface area contributed by atoms with Crippen molar-refractivity contribution in [3.05, 3.63) is 0 Å². The van der Waals surface area contributed by atoms with Gasteiger partial charge < -0.3 is 14.4 Å². The molecule has 18 heavy (non-hydrogen) atoms. The van der Waals surface area contributed by atoms with Gasteiger partial charge in [-0.25, -0.2) is 8.42 Å². The summed E-state index contributed by atoms with van der Waals surface area (Å²) in [7, 11) is -0.831. The second-order valence-electron chi connectivity index (χ2n) is 4.67. The highest BCUT2D eigenvalue weighted by atomic mass is 32.2. The van der Waals surface area contributed by atoms with E-state index in [2.05, 4.69) is 4.90 Å². The molecule has 1 aliphatic rings. The SMILES string of the molecule is CCOC(CCN(C)C1CCS(=O)(=O)C1)OCC. The summed E-state index contributed by atoms with van der Waals surface area (Å²) in [5.41, 5.74) is 0. The van der Waals surface area contributed by atoms with Crippen molar-refractivity contribution in [3.63, 3.8) is 0 Å². The van der Waals surface area contributed by atoms with Gasteiger partial charge in [0.15, 0.2) is 16.1 Å². The summed E-state index contributed by atoms with van der Waals surface area (Å²) in [6.45, 7) is 5.95. The van der Waals surface area contributed by atoms with Crippen LogP contribution in [0.15, 0.2) is 0 Å². The van der Waals surface area contributed by atoms with Crippen molar-refractivity contribution in [1.82, 2.24) is 4.90 Å². The Balaban J connectivity index is 2.33. The van der Waals surface area contributed by atoms with E-state index in [1.165, 1.54) is 0 Å². The van der Waals surface area contributed by atoms with E-state index in [0.717, 1.165) is 19.4 Å². The Bertz CT molecular complexity index is 325. The Hall–Kier alpha value is -0.170. The summed E-state index contributed by atoms with van der Waals surface area (Å²) < 4.78 is 33.8. The van der Waals surface area contributed by atoms with Crippen molar-refractivity contribution < 1.29 is 17.9 Å². The molecule has 1 heterocycles. The van der Waals surface area contributed by atoms with Crippen LogP contribution in [0.3, 0.4) is 0 Å². The molecule has 0 bridgehead atoms. The third-order valence-electron chi connectivity index (χ3n) is 3.25. The average Bonchev–Trinajstić information content (AvgIpc) is 2.67. The third-order valence-corrected chi connectivity index (χ3v) is 5.00. The molecule has 1 atom stereocenters. The maximum Gasteiger partial charge on any atom is 0.158 e. The van der Waals surface area contributed by atoms with E-state index in [1.807, 2.05) is 20.9 Å². The first kappa shape index (κ1) is 15.9. The Labute approximate surface area is 110 Å². The number of hydrogen-bond donors (Lipinski definition) is 0. The molecule has 1 unspecified atom stereocenters. The summed E-state index contributed by atoms with van der Waals surface area (Å²) >= 11 is 0. The highest BCUT2D eigenvalue weighted by Gasteiger charge is 2.30. The van der Waals surface area contributed by atoms with Gasteiger partial charge in [-0.05, 0) is 27.3 Å². The molecule has 1 aliphatic heterocycles. The Morgan fingerprint density at radius 3 is 2.33 bits per heavy atom. The minimum Gasteiger partial charge on any atom is -0.353 e. The molecule has 0 aliphatic carbocycles. The quantitative estimate of drug-likeness (QED) is 0.618. The van der Waals surface area contributed by atoms with Gasteiger partial charge in [-0.3, -0.25) is 0 Å². The van der Waals surface area contributed by atoms with Gasteiger partial charge in [-0.1, -0.05) is 0 Å². The fourth-order valence-corrected chi connectivity index (χ4v) is 4.01. The Kier molecular flexibility index (Phi) is 6.55. The largest absolute Gasteiger partial charge is 0.353 e. The second kappa shape index (κ2) is 7.43. The van der Waals surface area contributed by atoms with Crippen LogP contribution in [0.4, 0.5) is 0 Å². The van der Waals surface area contributed by atoms with Crippen LogP contribution in [0.25, 0.3) is 0 Å². The molecule has 6 heteroatoms. The highest BCUT2D eigenvalue weighted by Crippen LogP contribution is 2.17. The van der Waals surface area contributed by atoms with Crippen LogP contribution in [-0.2, 0) is 19.3 Å². The van der Waals surface area contributed by atoms with Gasteiger partial charge in [0.05, 0.1) is 11.5 Å². The second-order valence-corrected chi connectivity index (χ2v) is 6.90. The van der Waals surface area contributed by atoms with E-state index in [4.69, 9.17) is 9.47 Å². The number of rotatable bonds is 8. The normalized spacial score (nSPS) is 23.1. The summed E-state index contributed by atoms with van der Waals surface area (Å²) in [4.78, 5) is 2.11. The molecule has 0 saturated carbocycles. The summed E-state index contributed by atoms with van der Waals surface area (Å²) in [6.07, 6.45) is 1.34. The van der Waals surface area contributed by atoms with E-state index >= 15 is 0 Å². The fraction of sp³-hybridized carbons (Fsp3) is 1.00. The van der Waals surface area contributed by atoms with E-state index in [0.29, 0.717) is 19.0 Å². The van der Waals surface area contributed by atoms with Gasteiger partial charge in [0.25, 0.3) is 0 Å². The van der Waals surface area contributed by atoms with E-state index in [9.17, 15) is 8.42 Å². The maximum absolute atomic E-state index is 11.4. The van der Waals surface area contributed by atoms with Crippen LogP contribution in [0.5, 0.6) is 0 Å². The van der Waals surface area contributed by atoms with E-state index < -0.39 is 9.84 Å². The molecule has 0 aromatic rings. The van der Waals surface area contributed by atoms with Crippen molar-refractivity contribution >= 4 is 9.84 Å². The molecular weight excluding hydrogens is 254 g/mol. The van der Waals surface area contributed by atoms with Gasteiger partial charge in [0.2, 0.25) is 0 Å². The first-order valence-electron chi connectivity index (χ1n) is 6.62. The Morgan fingerprint density at radius 2 is 1.89 bits per heavy atom. The fourth-order valence-electron chi connectivity index (χ4n) is 2.20. The zero-order valence-corrected chi connectivity index (χ0v) is 12.4. The van der Waals surface area contributed by atoms with Crippen LogP contribution in [-0.4, -0.2) is 64.0 Å². The van der Waals surface area contributed by atoms with Crippen molar-refractivity contribution in [2.75, 3.05) is 38.3 Å². The number of ether oxygens (including phenoxy) is 2. The zero-order chi connectivity index (χ0) is 13.6. The molecule has 0 N–H and O–H groups in total. The molecule has 0 amide bonds. The van der Waals surface area contributed by atoms with Crippen molar-refractivity contribution in [3.8, 4) is 0 Å². The first-order valence-corrected chi connectivity index (χ1v) is 8.44. The summed E-state index contributed by atoms with van der Waals surface area (Å²) in [6, 6.07) is 0.152. The molecule has 5 nitrogen and oxygen atoms in total. The smallest absolute Gasteiger partial charge is 0.158 e. The molecule has 1 fully saturated rings. The van der Waals surface area contributed by atoms with Gasteiger partial charge in [-0.15, -0.1) is 0 Å². The van der Waals surface area contributed by atoms with E-state index in [-0.39, 0.29) is 18.1 Å². The number of sulfone groups is 1. The maximum atomic E-state index is 11.4. The van der Waals surface area contributed by atoms with E-state index in [1.54, 1.807) is 0 Å². The topological polar surface area (TPSA) is 55.8 Å². The first-order chi connectivity index (χ1) is 8.48. The van der Waals surface area contributed by atoms with Crippen LogP contribution in [0, 0.1) is 0 Å². The summed E-state index contributed by atoms with van der Waals surface area (Å²) in [5.74, 6) is 0.611. The molecular formula is C12H25NO4S. The molecule has 1 rings (SSSR count). The van der Waals surface area contributed by atoms with Gasteiger partial charge in [0.1, 0.15) is 0 Å². The molecule has 0 radical (unpaired) electrons. The van der Waals surface area contributed by atoms with Crippen molar-refractivity contribution in [1.29, 1.82) is 0 Å². The number of hydrogen-bond acceptors (Lipinski definition) is 5. The van der Waals surface area contributed by atoms with Gasteiger partial charge >= 0.3 is 0 Å². The summed E-state index contributed by atoms with van der Waals surface area (Å²) in [5, 5.41) is 0. The predicted molar refractivity (Wildman–Crippen MR) is 71.3 cm³/mol. The minimum absolute atomic E-state index is 0.152. The standard InChI is InChI=1S/C12H25NO4S/c1-4-16-12(17-5-2)6-8-13(3)11-7-9-18(14,15)10-11/h11-12H,4-10H2,1-3H3. The van der Waals surface area contributed by atoms with Crippen LogP contribution >= 0.6 is 0 Å². The van der Waals surface area contributed by atoms with Gasteiger partial charge in [-0.2, -0.15) is 0 Å². The lowest BCUT2D eigenvalue weighted by Crippen LogP contribution is -2.35. The molecule has 0 aromatic carbocycles. The minimum atomic E-state index is -2.80. The van der Waals surface area contributed by atoms with Crippen molar-refractivity contribution in [2.45, 2.75) is 39.0 Å². The van der Waals surface area contributed by atoms with Gasteiger partial charge in [0, 0.05) is 32.2 Å². The molecule has 0 spiro atoms. The lowest BCUT2D eigenvalue weighted by atomic mass is 10.2. The molecule has 0 aromatic heterocycles. The Morgan fingerprint density at radius 1 is 1.28 bits per heavy atom. The zero-order valence-electron chi connectivity index (χ0n) is 11.6.